The van der Waals surface area contributed by atoms with Gasteiger partial charge in [-0.05, 0) is 12.1 Å². The van der Waals surface area contributed by atoms with Crippen molar-refractivity contribution in [2.45, 2.75) is 0 Å². The summed E-state index contributed by atoms with van der Waals surface area (Å²) >= 11 is 0. The predicted molar refractivity (Wildman–Crippen MR) is 73.7 cm³/mol. The van der Waals surface area contributed by atoms with Crippen LogP contribution in [0.3, 0.4) is 0 Å². The molecule has 1 aliphatic carbocycles. The standard InChI is InChI=1S/C15H9N3O2/c16-8-5-6-11-17-12-9-3-1-2-4-10(9)14(19)15(20)13(12)18(11)7-8/h1-7H,16H2. The van der Waals surface area contributed by atoms with E-state index in [1.54, 1.807) is 40.9 Å². The normalized spacial score (nSPS) is 13.4. The number of hydrogen-bond donors (Lipinski definition) is 1. The molecule has 0 spiro atoms. The molecule has 0 bridgehead atoms. The lowest BCUT2D eigenvalue weighted by Gasteiger charge is -2.13. The second kappa shape index (κ2) is 3.54. The first-order chi connectivity index (χ1) is 9.66. The zero-order valence-electron chi connectivity index (χ0n) is 10.3. The van der Waals surface area contributed by atoms with Crippen molar-refractivity contribution in [1.29, 1.82) is 0 Å². The van der Waals surface area contributed by atoms with Gasteiger partial charge in [0.15, 0.2) is 0 Å². The van der Waals surface area contributed by atoms with E-state index in [2.05, 4.69) is 4.98 Å². The van der Waals surface area contributed by atoms with Gasteiger partial charge in [-0.1, -0.05) is 24.3 Å². The fourth-order valence-corrected chi connectivity index (χ4v) is 2.58. The highest BCUT2D eigenvalue weighted by Crippen LogP contribution is 2.33. The molecule has 2 N–H and O–H groups in total. The summed E-state index contributed by atoms with van der Waals surface area (Å²) in [5.41, 5.74) is 8.78. The van der Waals surface area contributed by atoms with Gasteiger partial charge in [-0.25, -0.2) is 4.98 Å². The van der Waals surface area contributed by atoms with Crippen LogP contribution >= 0.6 is 0 Å². The van der Waals surface area contributed by atoms with Crippen LogP contribution in [0.4, 0.5) is 5.69 Å². The zero-order chi connectivity index (χ0) is 13.9. The van der Waals surface area contributed by atoms with Gasteiger partial charge in [-0.3, -0.25) is 14.0 Å². The van der Waals surface area contributed by atoms with Gasteiger partial charge in [0.25, 0.3) is 5.78 Å². The lowest BCUT2D eigenvalue weighted by Crippen LogP contribution is -2.22. The molecular formula is C15H9N3O2. The molecule has 2 heterocycles. The molecule has 0 atom stereocenters. The Morgan fingerprint density at radius 1 is 0.950 bits per heavy atom. The third kappa shape index (κ3) is 1.23. The molecule has 0 amide bonds. The van der Waals surface area contributed by atoms with Gasteiger partial charge < -0.3 is 5.73 Å². The lowest BCUT2D eigenvalue weighted by molar-refractivity contribution is 0.0812. The van der Waals surface area contributed by atoms with E-state index in [-0.39, 0.29) is 5.69 Å². The van der Waals surface area contributed by atoms with Crippen molar-refractivity contribution >= 4 is 22.9 Å². The van der Waals surface area contributed by atoms with Crippen LogP contribution < -0.4 is 5.73 Å². The Bertz CT molecular complexity index is 909. The van der Waals surface area contributed by atoms with Crippen LogP contribution in [0.1, 0.15) is 20.8 Å². The molecule has 5 nitrogen and oxygen atoms in total. The summed E-state index contributed by atoms with van der Waals surface area (Å²) < 4.78 is 1.58. The summed E-state index contributed by atoms with van der Waals surface area (Å²) in [5.74, 6) is -1.05. The first-order valence-electron chi connectivity index (χ1n) is 6.13. The topological polar surface area (TPSA) is 77.5 Å². The molecule has 1 aromatic carbocycles. The second-order valence-electron chi connectivity index (χ2n) is 4.70. The highest BCUT2D eigenvalue weighted by Gasteiger charge is 2.34. The molecular weight excluding hydrogens is 254 g/mol. The maximum Gasteiger partial charge on any atom is 0.252 e. The summed E-state index contributed by atoms with van der Waals surface area (Å²) in [6.07, 6.45) is 1.61. The summed E-state index contributed by atoms with van der Waals surface area (Å²) in [5, 5.41) is 0. The minimum atomic E-state index is -0.545. The molecule has 96 valence electrons. The Hall–Kier alpha value is -2.95. The molecule has 0 saturated heterocycles. The van der Waals surface area contributed by atoms with Crippen molar-refractivity contribution in [2.24, 2.45) is 0 Å². The molecule has 0 fully saturated rings. The van der Waals surface area contributed by atoms with Gasteiger partial charge in [0.2, 0.25) is 5.78 Å². The monoisotopic (exact) mass is 263 g/mol. The smallest absolute Gasteiger partial charge is 0.252 e. The molecule has 0 saturated carbocycles. The Morgan fingerprint density at radius 3 is 2.50 bits per heavy atom. The number of aromatic nitrogens is 2. The summed E-state index contributed by atoms with van der Waals surface area (Å²) in [4.78, 5) is 29.0. The minimum Gasteiger partial charge on any atom is -0.398 e. The molecule has 0 radical (unpaired) electrons. The average molecular weight is 263 g/mol. The van der Waals surface area contributed by atoms with Gasteiger partial charge in [-0.15, -0.1) is 0 Å². The third-order valence-electron chi connectivity index (χ3n) is 3.49. The van der Waals surface area contributed by atoms with Crippen LogP contribution in [0, 0.1) is 0 Å². The molecule has 0 unspecified atom stereocenters. The molecule has 1 aliphatic rings. The van der Waals surface area contributed by atoms with Crippen LogP contribution in [-0.2, 0) is 0 Å². The van der Waals surface area contributed by atoms with Crippen molar-refractivity contribution in [3.05, 3.63) is 53.9 Å². The molecule has 0 aliphatic heterocycles. The largest absolute Gasteiger partial charge is 0.398 e. The van der Waals surface area contributed by atoms with E-state index < -0.39 is 11.6 Å². The number of hydrogen-bond acceptors (Lipinski definition) is 4. The van der Waals surface area contributed by atoms with E-state index in [1.807, 2.05) is 6.07 Å². The number of nitrogens with zero attached hydrogens (tertiary/aromatic N) is 2. The van der Waals surface area contributed by atoms with Crippen molar-refractivity contribution in [3.8, 4) is 11.3 Å². The Labute approximate surface area is 113 Å². The van der Waals surface area contributed by atoms with E-state index in [4.69, 9.17) is 5.73 Å². The van der Waals surface area contributed by atoms with Gasteiger partial charge in [0.05, 0.1) is 0 Å². The number of imidazole rings is 1. The first-order valence-corrected chi connectivity index (χ1v) is 6.13. The quantitative estimate of drug-likeness (QED) is 0.629. The number of pyridine rings is 1. The number of ketones is 2. The molecule has 4 rings (SSSR count). The number of rotatable bonds is 0. The van der Waals surface area contributed by atoms with E-state index in [0.29, 0.717) is 28.2 Å². The number of benzene rings is 1. The number of nitrogen functional groups attached to an aromatic ring is 1. The van der Waals surface area contributed by atoms with Gasteiger partial charge >= 0.3 is 0 Å². The van der Waals surface area contributed by atoms with Crippen LogP contribution in [-0.4, -0.2) is 21.0 Å². The Balaban J connectivity index is 2.18. The highest BCUT2D eigenvalue weighted by atomic mass is 16.2. The fourth-order valence-electron chi connectivity index (χ4n) is 2.58. The Morgan fingerprint density at radius 2 is 1.70 bits per heavy atom. The second-order valence-corrected chi connectivity index (χ2v) is 4.70. The van der Waals surface area contributed by atoms with Gasteiger partial charge in [0, 0.05) is 23.0 Å². The number of carbonyl (C=O) groups is 2. The summed E-state index contributed by atoms with van der Waals surface area (Å²) in [6, 6.07) is 10.5. The number of nitrogens with two attached hydrogens (primary N) is 1. The van der Waals surface area contributed by atoms with E-state index in [9.17, 15) is 9.59 Å². The average Bonchev–Trinajstić information content (AvgIpc) is 2.83. The third-order valence-corrected chi connectivity index (χ3v) is 3.49. The highest BCUT2D eigenvalue weighted by molar-refractivity contribution is 6.52. The Kier molecular flexibility index (Phi) is 1.93. The van der Waals surface area contributed by atoms with Crippen molar-refractivity contribution in [2.75, 3.05) is 5.73 Å². The SMILES string of the molecule is Nc1ccc2nc3c(n2c1)C(=O)C(=O)c1ccccc1-3. The van der Waals surface area contributed by atoms with E-state index in [0.717, 1.165) is 0 Å². The summed E-state index contributed by atoms with van der Waals surface area (Å²) in [7, 11) is 0. The molecule has 20 heavy (non-hydrogen) atoms. The molecule has 5 heteroatoms. The lowest BCUT2D eigenvalue weighted by atomic mass is 9.90. The van der Waals surface area contributed by atoms with Crippen LogP contribution in [0.5, 0.6) is 0 Å². The maximum atomic E-state index is 12.3. The number of anilines is 1. The minimum absolute atomic E-state index is 0.288. The zero-order valence-corrected chi connectivity index (χ0v) is 10.3. The molecule has 3 aromatic rings. The van der Waals surface area contributed by atoms with Crippen molar-refractivity contribution in [1.82, 2.24) is 9.38 Å². The summed E-state index contributed by atoms with van der Waals surface area (Å²) in [6.45, 7) is 0. The number of carbonyl (C=O) groups excluding carboxylic acids is 2. The maximum absolute atomic E-state index is 12.3. The van der Waals surface area contributed by atoms with Crippen molar-refractivity contribution < 1.29 is 9.59 Å². The first kappa shape index (κ1) is 10.9. The van der Waals surface area contributed by atoms with E-state index >= 15 is 0 Å². The van der Waals surface area contributed by atoms with Crippen LogP contribution in [0.25, 0.3) is 16.9 Å². The molecule has 2 aromatic heterocycles. The van der Waals surface area contributed by atoms with Gasteiger partial charge in [0.1, 0.15) is 17.0 Å². The number of fused-ring (bicyclic) bond motifs is 5. The van der Waals surface area contributed by atoms with Crippen LogP contribution in [0.15, 0.2) is 42.6 Å². The van der Waals surface area contributed by atoms with Crippen molar-refractivity contribution in [3.63, 3.8) is 0 Å². The predicted octanol–water partition coefficient (Wildman–Crippen LogP) is 1.96. The van der Waals surface area contributed by atoms with Crippen LogP contribution in [0.2, 0.25) is 0 Å². The fraction of sp³-hybridized carbons (Fsp3) is 0. The number of Topliss-reactive ketones (excluding diaryl/α,β-unsaturated/α-hetero) is 2. The van der Waals surface area contributed by atoms with E-state index in [1.165, 1.54) is 0 Å². The van der Waals surface area contributed by atoms with Gasteiger partial charge in [-0.2, -0.15) is 0 Å².